The van der Waals surface area contributed by atoms with E-state index >= 15 is 0 Å². The Balaban J connectivity index is 2.15. The summed E-state index contributed by atoms with van der Waals surface area (Å²) in [6, 6.07) is 8.46. The van der Waals surface area contributed by atoms with Gasteiger partial charge in [-0.25, -0.2) is 9.78 Å². The van der Waals surface area contributed by atoms with Gasteiger partial charge in [0.2, 0.25) is 0 Å². The Morgan fingerprint density at radius 1 is 1.47 bits per heavy atom. The van der Waals surface area contributed by atoms with Gasteiger partial charge in [-0.3, -0.25) is 5.10 Å². The molecule has 96 valence electrons. The molecular formula is C12H11N5O2. The van der Waals surface area contributed by atoms with Crippen LogP contribution in [0.5, 0.6) is 0 Å². The molecule has 1 amide bonds. The fraction of sp³-hybridized carbons (Fsp3) is 0.167. The van der Waals surface area contributed by atoms with Crippen molar-refractivity contribution in [3.05, 3.63) is 47.5 Å². The molecule has 7 nitrogen and oxygen atoms in total. The first-order valence-electron chi connectivity index (χ1n) is 5.53. The van der Waals surface area contributed by atoms with Crippen LogP contribution in [-0.4, -0.2) is 26.4 Å². The SMILES string of the molecule is N#Cc1ccc(CC(NC(=O)O)c2ncn[nH]2)cc1. The van der Waals surface area contributed by atoms with E-state index in [1.54, 1.807) is 24.3 Å². The van der Waals surface area contributed by atoms with Crippen molar-refractivity contribution in [2.24, 2.45) is 0 Å². The van der Waals surface area contributed by atoms with Crippen LogP contribution in [0.4, 0.5) is 4.79 Å². The number of hydrogen-bond acceptors (Lipinski definition) is 4. The molecule has 7 heteroatoms. The predicted octanol–water partition coefficient (Wildman–Crippen LogP) is 1.23. The number of aromatic amines is 1. The highest BCUT2D eigenvalue weighted by atomic mass is 16.4. The summed E-state index contributed by atoms with van der Waals surface area (Å²) in [5.41, 5.74) is 1.46. The average molecular weight is 257 g/mol. The van der Waals surface area contributed by atoms with E-state index in [9.17, 15) is 4.79 Å². The minimum Gasteiger partial charge on any atom is -0.465 e. The monoisotopic (exact) mass is 257 g/mol. The van der Waals surface area contributed by atoms with Crippen molar-refractivity contribution in [3.8, 4) is 6.07 Å². The third kappa shape index (κ3) is 3.29. The molecule has 1 heterocycles. The van der Waals surface area contributed by atoms with E-state index in [4.69, 9.17) is 10.4 Å². The van der Waals surface area contributed by atoms with Crippen LogP contribution in [-0.2, 0) is 6.42 Å². The molecule has 0 spiro atoms. The summed E-state index contributed by atoms with van der Waals surface area (Å²) in [4.78, 5) is 14.7. The van der Waals surface area contributed by atoms with Crippen LogP contribution in [0.3, 0.4) is 0 Å². The number of nitrogens with zero attached hydrogens (tertiary/aromatic N) is 3. The zero-order chi connectivity index (χ0) is 13.7. The summed E-state index contributed by atoms with van der Waals surface area (Å²) in [5.74, 6) is 0.451. The molecule has 1 aromatic carbocycles. The third-order valence-corrected chi connectivity index (χ3v) is 2.58. The average Bonchev–Trinajstić information content (AvgIpc) is 2.92. The van der Waals surface area contributed by atoms with Gasteiger partial charge in [-0.2, -0.15) is 10.4 Å². The summed E-state index contributed by atoms with van der Waals surface area (Å²) in [6.45, 7) is 0. The summed E-state index contributed by atoms with van der Waals surface area (Å²) in [6.07, 6.45) is 0.618. The maximum atomic E-state index is 10.8. The first-order valence-corrected chi connectivity index (χ1v) is 5.53. The van der Waals surface area contributed by atoms with Crippen molar-refractivity contribution < 1.29 is 9.90 Å². The van der Waals surface area contributed by atoms with E-state index < -0.39 is 12.1 Å². The molecule has 0 saturated carbocycles. The molecule has 1 aromatic heterocycles. The number of nitriles is 1. The molecule has 0 aliphatic rings. The van der Waals surface area contributed by atoms with Crippen molar-refractivity contribution >= 4 is 6.09 Å². The van der Waals surface area contributed by atoms with Gasteiger partial charge in [0.1, 0.15) is 12.2 Å². The topological polar surface area (TPSA) is 115 Å². The number of nitrogens with one attached hydrogen (secondary N) is 2. The fourth-order valence-electron chi connectivity index (χ4n) is 1.70. The van der Waals surface area contributed by atoms with Crippen LogP contribution in [0.1, 0.15) is 23.0 Å². The molecule has 19 heavy (non-hydrogen) atoms. The Morgan fingerprint density at radius 3 is 2.74 bits per heavy atom. The Bertz CT molecular complexity index is 586. The normalized spacial score (nSPS) is 11.5. The van der Waals surface area contributed by atoms with Crippen LogP contribution >= 0.6 is 0 Å². The molecule has 0 radical (unpaired) electrons. The van der Waals surface area contributed by atoms with Crippen LogP contribution in [0.25, 0.3) is 0 Å². The smallest absolute Gasteiger partial charge is 0.405 e. The molecule has 3 N–H and O–H groups in total. The Labute approximate surface area is 108 Å². The summed E-state index contributed by atoms with van der Waals surface area (Å²) >= 11 is 0. The molecule has 0 aliphatic carbocycles. The van der Waals surface area contributed by atoms with Crippen molar-refractivity contribution in [3.63, 3.8) is 0 Å². The van der Waals surface area contributed by atoms with E-state index in [-0.39, 0.29) is 0 Å². The van der Waals surface area contributed by atoms with Gasteiger partial charge in [0.05, 0.1) is 17.7 Å². The Kier molecular flexibility index (Phi) is 3.73. The van der Waals surface area contributed by atoms with Gasteiger partial charge >= 0.3 is 6.09 Å². The number of rotatable bonds is 4. The van der Waals surface area contributed by atoms with Crippen LogP contribution < -0.4 is 5.32 Å². The lowest BCUT2D eigenvalue weighted by molar-refractivity contribution is 0.189. The first-order chi connectivity index (χ1) is 9.19. The second-order valence-corrected chi connectivity index (χ2v) is 3.89. The summed E-state index contributed by atoms with van der Waals surface area (Å²) in [5, 5.41) is 26.3. The zero-order valence-electron chi connectivity index (χ0n) is 9.87. The third-order valence-electron chi connectivity index (χ3n) is 2.58. The number of hydrogen-bond donors (Lipinski definition) is 3. The van der Waals surface area contributed by atoms with Gasteiger partial charge < -0.3 is 10.4 Å². The highest BCUT2D eigenvalue weighted by Crippen LogP contribution is 2.15. The van der Waals surface area contributed by atoms with Gasteiger partial charge in [-0.1, -0.05) is 12.1 Å². The van der Waals surface area contributed by atoms with E-state index in [1.807, 2.05) is 6.07 Å². The first kappa shape index (κ1) is 12.6. The standard InChI is InChI=1S/C12H11N5O2/c13-6-9-3-1-8(2-4-9)5-10(16-12(18)19)11-14-7-15-17-11/h1-4,7,10,16H,5H2,(H,18,19)(H,14,15,17). The van der Waals surface area contributed by atoms with Crippen molar-refractivity contribution in [1.29, 1.82) is 5.26 Å². The summed E-state index contributed by atoms with van der Waals surface area (Å²) in [7, 11) is 0. The molecular weight excluding hydrogens is 246 g/mol. The van der Waals surface area contributed by atoms with Crippen molar-refractivity contribution in [2.45, 2.75) is 12.5 Å². The number of benzene rings is 1. The highest BCUT2D eigenvalue weighted by molar-refractivity contribution is 5.65. The van der Waals surface area contributed by atoms with Crippen molar-refractivity contribution in [1.82, 2.24) is 20.5 Å². The molecule has 2 rings (SSSR count). The molecule has 0 fully saturated rings. The maximum absolute atomic E-state index is 10.8. The number of carboxylic acid groups (broad SMARTS) is 1. The quantitative estimate of drug-likeness (QED) is 0.761. The lowest BCUT2D eigenvalue weighted by atomic mass is 10.0. The maximum Gasteiger partial charge on any atom is 0.405 e. The largest absolute Gasteiger partial charge is 0.465 e. The van der Waals surface area contributed by atoms with Crippen LogP contribution in [0.2, 0.25) is 0 Å². The molecule has 1 unspecified atom stereocenters. The Morgan fingerprint density at radius 2 is 2.21 bits per heavy atom. The van der Waals surface area contributed by atoms with Crippen LogP contribution in [0, 0.1) is 11.3 Å². The molecule has 0 bridgehead atoms. The van der Waals surface area contributed by atoms with Gasteiger partial charge in [0, 0.05) is 6.42 Å². The molecule has 0 aliphatic heterocycles. The van der Waals surface area contributed by atoms with Crippen LogP contribution in [0.15, 0.2) is 30.6 Å². The zero-order valence-corrected chi connectivity index (χ0v) is 9.87. The van der Waals surface area contributed by atoms with E-state index in [2.05, 4.69) is 20.5 Å². The minimum absolute atomic E-state index is 0.424. The van der Waals surface area contributed by atoms with E-state index in [0.717, 1.165) is 5.56 Å². The lowest BCUT2D eigenvalue weighted by Gasteiger charge is -2.14. The number of H-pyrrole nitrogens is 1. The van der Waals surface area contributed by atoms with Gasteiger partial charge in [0.15, 0.2) is 0 Å². The molecule has 1 atom stereocenters. The fourth-order valence-corrected chi connectivity index (χ4v) is 1.70. The molecule has 0 saturated heterocycles. The second kappa shape index (κ2) is 5.64. The van der Waals surface area contributed by atoms with Gasteiger partial charge in [-0.15, -0.1) is 0 Å². The minimum atomic E-state index is -1.13. The number of amides is 1. The molecule has 2 aromatic rings. The lowest BCUT2D eigenvalue weighted by Crippen LogP contribution is -2.29. The number of aromatic nitrogens is 3. The number of carbonyl (C=O) groups is 1. The van der Waals surface area contributed by atoms with Gasteiger partial charge in [0.25, 0.3) is 0 Å². The predicted molar refractivity (Wildman–Crippen MR) is 65.1 cm³/mol. The second-order valence-electron chi connectivity index (χ2n) is 3.89. The van der Waals surface area contributed by atoms with Crippen molar-refractivity contribution in [2.75, 3.05) is 0 Å². The Hall–Kier alpha value is -2.88. The summed E-state index contributed by atoms with van der Waals surface area (Å²) < 4.78 is 0. The highest BCUT2D eigenvalue weighted by Gasteiger charge is 2.17. The van der Waals surface area contributed by atoms with E-state index in [1.165, 1.54) is 6.33 Å². The van der Waals surface area contributed by atoms with Gasteiger partial charge in [-0.05, 0) is 17.7 Å². The van der Waals surface area contributed by atoms with E-state index in [0.29, 0.717) is 17.8 Å².